The Bertz CT molecular complexity index is 724. The summed E-state index contributed by atoms with van der Waals surface area (Å²) in [6.07, 6.45) is 2.27. The maximum absolute atomic E-state index is 4.93. The first-order valence-corrected chi connectivity index (χ1v) is 13.7. The Labute approximate surface area is 151 Å². The topological polar surface area (TPSA) is 0 Å². The average molecular weight is 410 g/mol. The summed E-state index contributed by atoms with van der Waals surface area (Å²) >= 11 is -0.826. The summed E-state index contributed by atoms with van der Waals surface area (Å²) < 4.78 is 0. The van der Waals surface area contributed by atoms with Gasteiger partial charge < -0.3 is 0 Å². The van der Waals surface area contributed by atoms with Crippen LogP contribution in [0.15, 0.2) is 42.5 Å². The van der Waals surface area contributed by atoms with Crippen LogP contribution in [0.25, 0.3) is 10.8 Å². The quantitative estimate of drug-likeness (QED) is 0.441. The number of aryl methyl sites for hydroxylation is 4. The number of hydrogen-bond acceptors (Lipinski definition) is 0. The van der Waals surface area contributed by atoms with Gasteiger partial charge in [-0.1, -0.05) is 30.9 Å². The molecule has 3 aromatic rings. The van der Waals surface area contributed by atoms with Gasteiger partial charge in [-0.05, 0) is 13.8 Å². The second-order valence-electron chi connectivity index (χ2n) is 5.70. The van der Waals surface area contributed by atoms with E-state index in [1.54, 1.807) is 0 Å². The minimum atomic E-state index is -0.826. The average Bonchev–Trinajstić information content (AvgIpc) is 3.09. The number of benzene rings is 1. The van der Waals surface area contributed by atoms with E-state index in [1.807, 2.05) is 0 Å². The van der Waals surface area contributed by atoms with Crippen LogP contribution in [0.3, 0.4) is 0 Å². The van der Waals surface area contributed by atoms with Gasteiger partial charge in [-0.25, -0.2) is 12.1 Å². The first-order chi connectivity index (χ1) is 10.6. The van der Waals surface area contributed by atoms with Gasteiger partial charge in [0.2, 0.25) is 0 Å². The van der Waals surface area contributed by atoms with E-state index in [9.17, 15) is 0 Å². The van der Waals surface area contributed by atoms with Gasteiger partial charge in [-0.3, -0.25) is 0 Å². The molecule has 3 heteroatoms. The molecule has 22 heavy (non-hydrogen) atoms. The van der Waals surface area contributed by atoms with E-state index in [4.69, 9.17) is 17.0 Å². The van der Waals surface area contributed by atoms with Crippen molar-refractivity contribution in [1.82, 2.24) is 0 Å². The van der Waals surface area contributed by atoms with Crippen LogP contribution in [0.4, 0.5) is 0 Å². The van der Waals surface area contributed by atoms with E-state index in [-0.39, 0.29) is 0 Å². The molecule has 0 radical (unpaired) electrons. The Kier molecular flexibility index (Phi) is 6.94. The minimum absolute atomic E-state index is 0.826. The molecule has 0 unspecified atom stereocenters. The van der Waals surface area contributed by atoms with E-state index in [2.05, 4.69) is 63.2 Å². The Hall–Kier alpha value is -0.357. The van der Waals surface area contributed by atoms with Gasteiger partial charge in [-0.15, -0.1) is 34.0 Å². The SMILES string of the molecule is Cc1cc2cc(C)c(C)c(CC[c-]3cccc3)c2[cH-]1.[Cl][Zr+2][Cl]. The van der Waals surface area contributed by atoms with Gasteiger partial charge in [0, 0.05) is 0 Å². The molecule has 0 amide bonds. The van der Waals surface area contributed by atoms with Crippen LogP contribution in [0, 0.1) is 20.8 Å². The van der Waals surface area contributed by atoms with Crippen molar-refractivity contribution in [2.24, 2.45) is 0 Å². The van der Waals surface area contributed by atoms with E-state index >= 15 is 0 Å². The predicted octanol–water partition coefficient (Wildman–Crippen LogP) is 6.36. The van der Waals surface area contributed by atoms with Gasteiger partial charge >= 0.3 is 37.9 Å². The van der Waals surface area contributed by atoms with Crippen molar-refractivity contribution in [1.29, 1.82) is 0 Å². The molecule has 114 valence electrons. The molecule has 0 saturated heterocycles. The summed E-state index contributed by atoms with van der Waals surface area (Å²) in [5.41, 5.74) is 7.22. The van der Waals surface area contributed by atoms with Crippen LogP contribution < -0.4 is 0 Å². The second kappa shape index (κ2) is 8.48. The van der Waals surface area contributed by atoms with Crippen LogP contribution in [-0.2, 0) is 33.7 Å². The molecule has 0 heterocycles. The van der Waals surface area contributed by atoms with Crippen molar-refractivity contribution in [3.8, 4) is 0 Å². The Morgan fingerprint density at radius 1 is 1.09 bits per heavy atom. The van der Waals surface area contributed by atoms with Crippen molar-refractivity contribution in [2.75, 3.05) is 0 Å². The van der Waals surface area contributed by atoms with Crippen LogP contribution in [-0.4, -0.2) is 0 Å². The Balaban J connectivity index is 0.000000545. The molecule has 0 spiro atoms. The van der Waals surface area contributed by atoms with Crippen LogP contribution in [0.2, 0.25) is 0 Å². The second-order valence-corrected chi connectivity index (χ2v) is 9.43. The molecule has 0 bridgehead atoms. The van der Waals surface area contributed by atoms with E-state index in [0.29, 0.717) is 0 Å². The third-order valence-electron chi connectivity index (χ3n) is 4.20. The summed E-state index contributed by atoms with van der Waals surface area (Å²) in [5, 5.41) is 2.85. The van der Waals surface area contributed by atoms with E-state index in [0.717, 1.165) is 12.8 Å². The molecule has 0 aromatic heterocycles. The first-order valence-electron chi connectivity index (χ1n) is 7.39. The number of hydrogen-bond donors (Lipinski definition) is 0. The summed E-state index contributed by atoms with van der Waals surface area (Å²) in [7, 11) is 9.87. The summed E-state index contributed by atoms with van der Waals surface area (Å²) in [6, 6.07) is 15.7. The number of fused-ring (bicyclic) bond motifs is 1. The molecule has 0 aliphatic heterocycles. The zero-order chi connectivity index (χ0) is 16.1. The fourth-order valence-corrected chi connectivity index (χ4v) is 3.01. The molecule has 3 aromatic carbocycles. The molecular formula is C19H20Cl2Zr. The molecule has 0 fully saturated rings. The van der Waals surface area contributed by atoms with Crippen LogP contribution in [0.1, 0.15) is 27.8 Å². The Morgan fingerprint density at radius 3 is 2.36 bits per heavy atom. The third-order valence-corrected chi connectivity index (χ3v) is 4.20. The normalized spacial score (nSPS) is 10.2. The fraction of sp³-hybridized carbons (Fsp3) is 0.263. The third kappa shape index (κ3) is 4.34. The van der Waals surface area contributed by atoms with Crippen molar-refractivity contribution >= 4 is 27.8 Å². The molecule has 0 aliphatic carbocycles. The first kappa shape index (κ1) is 18.0. The van der Waals surface area contributed by atoms with E-state index in [1.165, 1.54) is 38.6 Å². The maximum atomic E-state index is 4.93. The molecule has 0 saturated carbocycles. The van der Waals surface area contributed by atoms with Crippen molar-refractivity contribution in [2.45, 2.75) is 33.6 Å². The molecule has 0 nitrogen and oxygen atoms in total. The van der Waals surface area contributed by atoms with Crippen molar-refractivity contribution < 1.29 is 20.8 Å². The van der Waals surface area contributed by atoms with Gasteiger partial charge in [0.15, 0.2) is 0 Å². The standard InChI is InChI=1S/C19H20.2ClH.Zr/c1-13-10-17-12-14(2)15(3)18(19(17)11-13)9-8-16-6-4-5-7-16;;;/h4-7,10-12H,8-9H2,1-3H3;2*1H;/q-2;;;+4/p-2. The molecule has 0 aliphatic rings. The zero-order valence-corrected chi connectivity index (χ0v) is 17.2. The predicted molar refractivity (Wildman–Crippen MR) is 94.9 cm³/mol. The zero-order valence-electron chi connectivity index (χ0n) is 13.2. The Morgan fingerprint density at radius 2 is 1.73 bits per heavy atom. The summed E-state index contributed by atoms with van der Waals surface area (Å²) in [6.45, 7) is 6.67. The van der Waals surface area contributed by atoms with Gasteiger partial charge in [0.05, 0.1) is 0 Å². The fourth-order valence-electron chi connectivity index (χ4n) is 3.01. The monoisotopic (exact) mass is 408 g/mol. The summed E-state index contributed by atoms with van der Waals surface area (Å²) in [5.74, 6) is 0. The van der Waals surface area contributed by atoms with Gasteiger partial charge in [-0.2, -0.15) is 23.8 Å². The summed E-state index contributed by atoms with van der Waals surface area (Å²) in [4.78, 5) is 0. The number of halogens is 2. The van der Waals surface area contributed by atoms with Gasteiger partial charge in [0.1, 0.15) is 0 Å². The van der Waals surface area contributed by atoms with E-state index < -0.39 is 20.8 Å². The van der Waals surface area contributed by atoms with Crippen LogP contribution >= 0.6 is 17.0 Å². The van der Waals surface area contributed by atoms with Crippen molar-refractivity contribution in [3.63, 3.8) is 0 Å². The van der Waals surface area contributed by atoms with Crippen molar-refractivity contribution in [3.05, 3.63) is 70.3 Å². The molecule has 3 rings (SSSR count). The van der Waals surface area contributed by atoms with Crippen LogP contribution in [0.5, 0.6) is 0 Å². The number of rotatable bonds is 3. The molecule has 0 N–H and O–H groups in total. The molecule has 0 atom stereocenters. The molecular weight excluding hydrogens is 390 g/mol. The van der Waals surface area contributed by atoms with Gasteiger partial charge in [0.25, 0.3) is 0 Å².